The van der Waals surface area contributed by atoms with E-state index >= 15 is 0 Å². The molecule has 0 amide bonds. The van der Waals surface area contributed by atoms with Crippen molar-refractivity contribution in [3.05, 3.63) is 53.3 Å². The fourth-order valence-electron chi connectivity index (χ4n) is 2.30. The summed E-state index contributed by atoms with van der Waals surface area (Å²) in [4.78, 5) is 4.41. The lowest BCUT2D eigenvalue weighted by molar-refractivity contribution is 0.403. The largest absolute Gasteiger partial charge is 0.504 e. The fraction of sp³-hybridized carbons (Fsp3) is 0.188. The third-order valence-corrected chi connectivity index (χ3v) is 3.63. The van der Waals surface area contributed by atoms with Gasteiger partial charge in [-0.05, 0) is 54.8 Å². The van der Waals surface area contributed by atoms with Gasteiger partial charge < -0.3 is 14.8 Å². The number of imidazole rings is 1. The SMILES string of the molecule is Cc1cc2ncn(Cc3ccc(O)c(O)c3)c2cc1C. The summed E-state index contributed by atoms with van der Waals surface area (Å²) in [6, 6.07) is 9.07. The Morgan fingerprint density at radius 2 is 1.75 bits per heavy atom. The number of aryl methyl sites for hydroxylation is 2. The van der Waals surface area contributed by atoms with Gasteiger partial charge in [0.25, 0.3) is 0 Å². The van der Waals surface area contributed by atoms with Gasteiger partial charge in [0.2, 0.25) is 0 Å². The van der Waals surface area contributed by atoms with Crippen LogP contribution in [0.5, 0.6) is 11.5 Å². The number of phenolic OH excluding ortho intramolecular Hbond substituents is 2. The predicted octanol–water partition coefficient (Wildman–Crippen LogP) is 3.11. The molecule has 3 aromatic rings. The van der Waals surface area contributed by atoms with Crippen molar-refractivity contribution in [1.82, 2.24) is 9.55 Å². The lowest BCUT2D eigenvalue weighted by Crippen LogP contribution is -1.98. The monoisotopic (exact) mass is 268 g/mol. The third kappa shape index (κ3) is 2.09. The second-order valence-corrected chi connectivity index (χ2v) is 5.12. The molecular formula is C16H16N2O2. The molecule has 0 fully saturated rings. The Hall–Kier alpha value is -2.49. The van der Waals surface area contributed by atoms with Crippen molar-refractivity contribution in [2.24, 2.45) is 0 Å². The highest BCUT2D eigenvalue weighted by Crippen LogP contribution is 2.26. The average molecular weight is 268 g/mol. The minimum absolute atomic E-state index is 0.0982. The fourth-order valence-corrected chi connectivity index (χ4v) is 2.30. The van der Waals surface area contributed by atoms with Crippen LogP contribution in [0.25, 0.3) is 11.0 Å². The molecule has 0 saturated heterocycles. The van der Waals surface area contributed by atoms with Crippen molar-refractivity contribution in [3.8, 4) is 11.5 Å². The Morgan fingerprint density at radius 1 is 1.00 bits per heavy atom. The molecule has 2 N–H and O–H groups in total. The first kappa shape index (κ1) is 12.5. The number of benzene rings is 2. The van der Waals surface area contributed by atoms with Crippen LogP contribution in [0.4, 0.5) is 0 Å². The highest BCUT2D eigenvalue weighted by molar-refractivity contribution is 5.77. The van der Waals surface area contributed by atoms with Crippen LogP contribution in [0.2, 0.25) is 0 Å². The molecule has 0 aliphatic carbocycles. The van der Waals surface area contributed by atoms with Crippen LogP contribution in [-0.2, 0) is 6.54 Å². The van der Waals surface area contributed by atoms with Crippen LogP contribution in [0.1, 0.15) is 16.7 Å². The van der Waals surface area contributed by atoms with Crippen LogP contribution < -0.4 is 0 Å². The Kier molecular flexibility index (Phi) is 2.86. The zero-order valence-electron chi connectivity index (χ0n) is 11.5. The van der Waals surface area contributed by atoms with E-state index in [9.17, 15) is 10.2 Å². The van der Waals surface area contributed by atoms with E-state index in [1.165, 1.54) is 17.2 Å². The van der Waals surface area contributed by atoms with E-state index in [0.29, 0.717) is 6.54 Å². The zero-order chi connectivity index (χ0) is 14.3. The normalized spacial score (nSPS) is 11.1. The quantitative estimate of drug-likeness (QED) is 0.702. The number of fused-ring (bicyclic) bond motifs is 1. The summed E-state index contributed by atoms with van der Waals surface area (Å²) in [6.45, 7) is 4.76. The van der Waals surface area contributed by atoms with Gasteiger partial charge >= 0.3 is 0 Å². The summed E-state index contributed by atoms with van der Waals surface area (Å²) >= 11 is 0. The van der Waals surface area contributed by atoms with Crippen molar-refractivity contribution in [2.75, 3.05) is 0 Å². The maximum atomic E-state index is 9.55. The van der Waals surface area contributed by atoms with Crippen LogP contribution >= 0.6 is 0 Å². The Balaban J connectivity index is 2.02. The van der Waals surface area contributed by atoms with E-state index in [1.807, 2.05) is 4.57 Å². The molecule has 0 bridgehead atoms. The second kappa shape index (κ2) is 4.56. The molecule has 102 valence electrons. The molecule has 0 atom stereocenters. The first-order valence-corrected chi connectivity index (χ1v) is 6.47. The molecule has 1 heterocycles. The van der Waals surface area contributed by atoms with Gasteiger partial charge in [-0.25, -0.2) is 4.98 Å². The standard InChI is InChI=1S/C16H16N2O2/c1-10-5-13-14(6-11(10)2)18(9-17-13)8-12-3-4-15(19)16(20)7-12/h3-7,9,19-20H,8H2,1-2H3. The van der Waals surface area contributed by atoms with E-state index in [4.69, 9.17) is 0 Å². The van der Waals surface area contributed by atoms with Crippen molar-refractivity contribution in [2.45, 2.75) is 20.4 Å². The van der Waals surface area contributed by atoms with Crippen molar-refractivity contribution >= 4 is 11.0 Å². The van der Waals surface area contributed by atoms with Gasteiger partial charge in [-0.2, -0.15) is 0 Å². The topological polar surface area (TPSA) is 58.3 Å². The summed E-state index contributed by atoms with van der Waals surface area (Å²) in [5, 5.41) is 18.9. The number of hydrogen-bond acceptors (Lipinski definition) is 3. The molecule has 3 rings (SSSR count). The Bertz CT molecular complexity index is 791. The smallest absolute Gasteiger partial charge is 0.157 e. The van der Waals surface area contributed by atoms with Gasteiger partial charge in [0.1, 0.15) is 0 Å². The lowest BCUT2D eigenvalue weighted by Gasteiger charge is -2.07. The Morgan fingerprint density at radius 3 is 2.50 bits per heavy atom. The van der Waals surface area contributed by atoms with Gasteiger partial charge in [-0.3, -0.25) is 0 Å². The molecule has 2 aromatic carbocycles. The summed E-state index contributed by atoms with van der Waals surface area (Å²) in [6.07, 6.45) is 1.80. The molecule has 0 radical (unpaired) electrons. The van der Waals surface area contributed by atoms with E-state index in [2.05, 4.69) is 31.0 Å². The minimum Gasteiger partial charge on any atom is -0.504 e. The molecule has 1 aromatic heterocycles. The highest BCUT2D eigenvalue weighted by Gasteiger charge is 2.07. The molecule has 4 heteroatoms. The molecular weight excluding hydrogens is 252 g/mol. The van der Waals surface area contributed by atoms with Crippen LogP contribution in [-0.4, -0.2) is 19.8 Å². The number of aromatic nitrogens is 2. The molecule has 0 saturated carbocycles. The number of nitrogens with zero attached hydrogens (tertiary/aromatic N) is 2. The number of aromatic hydroxyl groups is 2. The second-order valence-electron chi connectivity index (χ2n) is 5.12. The molecule has 0 unspecified atom stereocenters. The Labute approximate surface area is 116 Å². The highest BCUT2D eigenvalue weighted by atomic mass is 16.3. The van der Waals surface area contributed by atoms with Gasteiger partial charge in [-0.1, -0.05) is 6.07 Å². The van der Waals surface area contributed by atoms with Crippen LogP contribution in [0.15, 0.2) is 36.7 Å². The van der Waals surface area contributed by atoms with Gasteiger partial charge in [0, 0.05) is 6.54 Å². The first-order valence-electron chi connectivity index (χ1n) is 6.47. The number of rotatable bonds is 2. The van der Waals surface area contributed by atoms with Crippen molar-refractivity contribution in [3.63, 3.8) is 0 Å². The average Bonchev–Trinajstić information content (AvgIpc) is 2.77. The summed E-state index contributed by atoms with van der Waals surface area (Å²) in [5.74, 6) is -0.199. The van der Waals surface area contributed by atoms with E-state index in [1.54, 1.807) is 18.5 Å². The molecule has 4 nitrogen and oxygen atoms in total. The van der Waals surface area contributed by atoms with E-state index < -0.39 is 0 Å². The predicted molar refractivity (Wildman–Crippen MR) is 78.1 cm³/mol. The minimum atomic E-state index is -0.101. The molecule has 0 aliphatic rings. The van der Waals surface area contributed by atoms with Crippen molar-refractivity contribution < 1.29 is 10.2 Å². The third-order valence-electron chi connectivity index (χ3n) is 3.63. The van der Waals surface area contributed by atoms with E-state index in [-0.39, 0.29) is 11.5 Å². The van der Waals surface area contributed by atoms with Gasteiger partial charge in [0.05, 0.1) is 17.4 Å². The summed E-state index contributed by atoms with van der Waals surface area (Å²) in [7, 11) is 0. The molecule has 20 heavy (non-hydrogen) atoms. The van der Waals surface area contributed by atoms with Gasteiger partial charge in [0.15, 0.2) is 11.5 Å². The lowest BCUT2D eigenvalue weighted by atomic mass is 10.1. The van der Waals surface area contributed by atoms with Gasteiger partial charge in [-0.15, -0.1) is 0 Å². The summed E-state index contributed by atoms with van der Waals surface area (Å²) in [5.41, 5.74) is 5.41. The van der Waals surface area contributed by atoms with Crippen molar-refractivity contribution in [1.29, 1.82) is 0 Å². The summed E-state index contributed by atoms with van der Waals surface area (Å²) < 4.78 is 2.04. The van der Waals surface area contributed by atoms with E-state index in [0.717, 1.165) is 16.6 Å². The molecule has 0 spiro atoms. The molecule has 0 aliphatic heterocycles. The maximum Gasteiger partial charge on any atom is 0.157 e. The van der Waals surface area contributed by atoms with Crippen LogP contribution in [0.3, 0.4) is 0 Å². The zero-order valence-corrected chi connectivity index (χ0v) is 11.5. The first-order chi connectivity index (χ1) is 9.54. The number of hydrogen-bond donors (Lipinski definition) is 2. The van der Waals surface area contributed by atoms with Crippen LogP contribution in [0, 0.1) is 13.8 Å². The number of phenols is 2. The maximum absolute atomic E-state index is 9.55.